The van der Waals surface area contributed by atoms with Gasteiger partial charge < -0.3 is 15.0 Å². The molecule has 0 aliphatic carbocycles. The lowest BCUT2D eigenvalue weighted by Gasteiger charge is -2.25. The van der Waals surface area contributed by atoms with E-state index < -0.39 is 0 Å². The summed E-state index contributed by atoms with van der Waals surface area (Å²) in [6, 6.07) is 17.7. The van der Waals surface area contributed by atoms with E-state index in [1.807, 2.05) is 59.3 Å². The highest BCUT2D eigenvalue weighted by atomic mass is 32.1. The zero-order valence-corrected chi connectivity index (χ0v) is 21.0. The van der Waals surface area contributed by atoms with Gasteiger partial charge in [-0.25, -0.2) is 14.6 Å². The van der Waals surface area contributed by atoms with E-state index >= 15 is 0 Å². The lowest BCUT2D eigenvalue weighted by Crippen LogP contribution is -2.36. The monoisotopic (exact) mass is 498 g/mol. The van der Waals surface area contributed by atoms with Crippen molar-refractivity contribution in [1.82, 2.24) is 19.7 Å². The van der Waals surface area contributed by atoms with Gasteiger partial charge in [0.1, 0.15) is 0 Å². The van der Waals surface area contributed by atoms with Crippen LogP contribution in [0.25, 0.3) is 32.5 Å². The van der Waals surface area contributed by atoms with Gasteiger partial charge in [-0.1, -0.05) is 41.7 Å². The number of benzene rings is 2. The number of carbonyl (C=O) groups is 1. The summed E-state index contributed by atoms with van der Waals surface area (Å²) in [5, 5.41) is 9.33. The van der Waals surface area contributed by atoms with Gasteiger partial charge >= 0.3 is 0 Å². The van der Waals surface area contributed by atoms with Crippen molar-refractivity contribution in [3.05, 3.63) is 66.4 Å². The van der Waals surface area contributed by atoms with Crippen LogP contribution < -0.4 is 10.2 Å². The fourth-order valence-corrected chi connectivity index (χ4v) is 5.48. The van der Waals surface area contributed by atoms with Crippen LogP contribution in [-0.2, 0) is 4.74 Å². The van der Waals surface area contributed by atoms with Crippen LogP contribution in [0.5, 0.6) is 0 Å². The van der Waals surface area contributed by atoms with Gasteiger partial charge in [0.05, 0.1) is 46.3 Å². The highest BCUT2D eigenvalue weighted by molar-refractivity contribution is 7.22. The number of thiazole rings is 1. The Balaban J connectivity index is 1.35. The maximum absolute atomic E-state index is 13.6. The van der Waals surface area contributed by atoms with Crippen molar-refractivity contribution in [1.29, 1.82) is 0 Å². The van der Waals surface area contributed by atoms with Gasteiger partial charge in [0.15, 0.2) is 10.8 Å². The summed E-state index contributed by atoms with van der Waals surface area (Å²) in [7, 11) is 0. The number of anilines is 2. The van der Waals surface area contributed by atoms with E-state index in [1.165, 1.54) is 0 Å². The summed E-state index contributed by atoms with van der Waals surface area (Å²) in [5.41, 5.74) is 4.59. The minimum Gasteiger partial charge on any atom is -0.378 e. The Bertz CT molecular complexity index is 1550. The third-order valence-electron chi connectivity index (χ3n) is 6.29. The molecular weight excluding hydrogens is 472 g/mol. The number of pyridine rings is 1. The number of morpholine rings is 1. The predicted octanol–water partition coefficient (Wildman–Crippen LogP) is 5.38. The summed E-state index contributed by atoms with van der Waals surface area (Å²) in [5.74, 6) is -0.194. The summed E-state index contributed by atoms with van der Waals surface area (Å²) >= 11 is 1.63. The lowest BCUT2D eigenvalue weighted by molar-refractivity contribution is 0.102. The van der Waals surface area contributed by atoms with Crippen LogP contribution in [0.1, 0.15) is 30.2 Å². The maximum atomic E-state index is 13.6. The van der Waals surface area contributed by atoms with Gasteiger partial charge in [-0.15, -0.1) is 0 Å². The zero-order valence-electron chi connectivity index (χ0n) is 20.1. The SMILES string of the molecule is CC(C)n1ncc2c(C(=O)Nc3ccc4nc(N5CCOCC5)sc4c3)cc(-c3ccccc3)nc21. The highest BCUT2D eigenvalue weighted by Crippen LogP contribution is 2.32. The van der Waals surface area contributed by atoms with Crippen LogP contribution in [-0.4, -0.2) is 52.0 Å². The minimum atomic E-state index is -0.194. The first-order valence-corrected chi connectivity index (χ1v) is 12.9. The molecule has 0 spiro atoms. The first-order valence-electron chi connectivity index (χ1n) is 12.0. The fourth-order valence-electron chi connectivity index (χ4n) is 4.42. The Hall–Kier alpha value is -3.82. The summed E-state index contributed by atoms with van der Waals surface area (Å²) in [6.45, 7) is 7.23. The fraction of sp³-hybridized carbons (Fsp3) is 0.259. The topological polar surface area (TPSA) is 85.2 Å². The number of aromatic nitrogens is 4. The van der Waals surface area contributed by atoms with Crippen molar-refractivity contribution in [3.8, 4) is 11.3 Å². The van der Waals surface area contributed by atoms with Gasteiger partial charge in [0.2, 0.25) is 0 Å². The maximum Gasteiger partial charge on any atom is 0.256 e. The van der Waals surface area contributed by atoms with E-state index in [0.717, 1.165) is 64.0 Å². The molecule has 1 N–H and O–H groups in total. The number of fused-ring (bicyclic) bond motifs is 2. The Kier molecular flexibility index (Phi) is 5.86. The molecule has 1 aliphatic heterocycles. The third-order valence-corrected chi connectivity index (χ3v) is 7.37. The highest BCUT2D eigenvalue weighted by Gasteiger charge is 2.20. The van der Waals surface area contributed by atoms with Crippen molar-refractivity contribution in [3.63, 3.8) is 0 Å². The lowest BCUT2D eigenvalue weighted by atomic mass is 10.1. The molecule has 1 fully saturated rings. The molecule has 0 atom stereocenters. The molecule has 36 heavy (non-hydrogen) atoms. The van der Waals surface area contributed by atoms with Crippen molar-refractivity contribution in [2.24, 2.45) is 0 Å². The Morgan fingerprint density at radius 1 is 1.06 bits per heavy atom. The Labute approximate surface area is 212 Å². The largest absolute Gasteiger partial charge is 0.378 e. The molecule has 0 bridgehead atoms. The van der Waals surface area contributed by atoms with Crippen molar-refractivity contribution in [2.45, 2.75) is 19.9 Å². The van der Waals surface area contributed by atoms with Crippen LogP contribution in [0.15, 0.2) is 60.8 Å². The van der Waals surface area contributed by atoms with E-state index in [-0.39, 0.29) is 11.9 Å². The molecule has 3 aromatic heterocycles. The quantitative estimate of drug-likeness (QED) is 0.350. The molecule has 0 radical (unpaired) electrons. The summed E-state index contributed by atoms with van der Waals surface area (Å²) < 4.78 is 8.35. The van der Waals surface area contributed by atoms with Crippen molar-refractivity contribution in [2.75, 3.05) is 36.5 Å². The van der Waals surface area contributed by atoms with E-state index in [0.29, 0.717) is 11.2 Å². The standard InChI is InChI=1S/C27H26N6O2S/c1-17(2)33-25-21(16-28-33)20(15-23(30-25)18-6-4-3-5-7-18)26(34)29-19-8-9-22-24(14-19)36-27(31-22)32-10-12-35-13-11-32/h3-9,14-17H,10-13H2,1-2H3,(H,29,34). The van der Waals surface area contributed by atoms with Gasteiger partial charge in [0.25, 0.3) is 5.91 Å². The van der Waals surface area contributed by atoms with Gasteiger partial charge in [-0.05, 0) is 38.1 Å². The van der Waals surface area contributed by atoms with Gasteiger partial charge in [-0.3, -0.25) is 4.79 Å². The molecule has 5 aromatic rings. The van der Waals surface area contributed by atoms with Crippen LogP contribution in [0, 0.1) is 0 Å². The molecule has 2 aromatic carbocycles. The number of carbonyl (C=O) groups excluding carboxylic acids is 1. The number of amides is 1. The number of hydrogen-bond donors (Lipinski definition) is 1. The molecule has 6 rings (SSSR count). The number of ether oxygens (including phenoxy) is 1. The first kappa shape index (κ1) is 22.6. The molecule has 8 nitrogen and oxygen atoms in total. The van der Waals surface area contributed by atoms with E-state index in [4.69, 9.17) is 14.7 Å². The molecule has 4 heterocycles. The third kappa shape index (κ3) is 4.20. The predicted molar refractivity (Wildman–Crippen MR) is 144 cm³/mol. The molecule has 1 aliphatic rings. The molecule has 1 saturated heterocycles. The minimum absolute atomic E-state index is 0.117. The second kappa shape index (κ2) is 9.33. The zero-order chi connectivity index (χ0) is 24.6. The Morgan fingerprint density at radius 3 is 2.64 bits per heavy atom. The van der Waals surface area contributed by atoms with Crippen molar-refractivity contribution < 1.29 is 9.53 Å². The van der Waals surface area contributed by atoms with Gasteiger partial charge in [0, 0.05) is 30.4 Å². The number of nitrogens with one attached hydrogen (secondary N) is 1. The average molecular weight is 499 g/mol. The Morgan fingerprint density at radius 2 is 1.86 bits per heavy atom. The first-order chi connectivity index (χ1) is 17.6. The molecule has 0 unspecified atom stereocenters. The molecule has 1 amide bonds. The number of hydrogen-bond acceptors (Lipinski definition) is 7. The van der Waals surface area contributed by atoms with E-state index in [9.17, 15) is 4.79 Å². The normalized spacial score (nSPS) is 14.1. The number of rotatable bonds is 5. The van der Waals surface area contributed by atoms with Crippen LogP contribution in [0.4, 0.5) is 10.8 Å². The summed E-state index contributed by atoms with van der Waals surface area (Å²) in [4.78, 5) is 25.5. The molecule has 0 saturated carbocycles. The molecule has 182 valence electrons. The van der Waals surface area contributed by atoms with Gasteiger partial charge in [-0.2, -0.15) is 5.10 Å². The van der Waals surface area contributed by atoms with E-state index in [2.05, 4.69) is 29.2 Å². The summed E-state index contributed by atoms with van der Waals surface area (Å²) in [6.07, 6.45) is 1.73. The number of nitrogens with zero attached hydrogens (tertiary/aromatic N) is 5. The van der Waals surface area contributed by atoms with Crippen LogP contribution in [0.2, 0.25) is 0 Å². The molecule has 9 heteroatoms. The average Bonchev–Trinajstić information content (AvgIpc) is 3.53. The second-order valence-electron chi connectivity index (χ2n) is 9.07. The molecular formula is C27H26N6O2S. The van der Waals surface area contributed by atoms with Crippen LogP contribution >= 0.6 is 11.3 Å². The second-order valence-corrected chi connectivity index (χ2v) is 10.1. The smallest absolute Gasteiger partial charge is 0.256 e. The van der Waals surface area contributed by atoms with Crippen LogP contribution in [0.3, 0.4) is 0 Å². The van der Waals surface area contributed by atoms with E-state index in [1.54, 1.807) is 17.5 Å². The van der Waals surface area contributed by atoms with Crippen molar-refractivity contribution >= 4 is 49.3 Å².